The fourth-order valence-electron chi connectivity index (χ4n) is 4.57. The maximum Gasteiger partial charge on any atom is 0.419 e. The van der Waals surface area contributed by atoms with Crippen molar-refractivity contribution in [2.75, 3.05) is 18.6 Å². The van der Waals surface area contributed by atoms with Crippen LogP contribution in [0.2, 0.25) is 0 Å². The molecule has 1 aliphatic rings. The van der Waals surface area contributed by atoms with Gasteiger partial charge in [0, 0.05) is 18.9 Å². The zero-order valence-electron chi connectivity index (χ0n) is 20.9. The van der Waals surface area contributed by atoms with Crippen LogP contribution in [0, 0.1) is 5.82 Å². The van der Waals surface area contributed by atoms with E-state index < -0.39 is 57.9 Å². The number of fused-ring (bicyclic) bond motifs is 1. The molecule has 12 heteroatoms. The molecule has 0 fully saturated rings. The summed E-state index contributed by atoms with van der Waals surface area (Å²) in [4.78, 5) is 53.3. The van der Waals surface area contributed by atoms with Crippen molar-refractivity contribution in [3.05, 3.63) is 91.5 Å². The van der Waals surface area contributed by atoms with Crippen LogP contribution >= 0.6 is 0 Å². The van der Waals surface area contributed by atoms with E-state index >= 15 is 0 Å². The van der Waals surface area contributed by atoms with Crippen LogP contribution in [0.3, 0.4) is 0 Å². The van der Waals surface area contributed by atoms with E-state index in [1.165, 1.54) is 24.0 Å². The number of carbonyl (C=O) groups is 2. The zero-order chi connectivity index (χ0) is 28.2. The predicted octanol–water partition coefficient (Wildman–Crippen LogP) is 3.64. The molecule has 0 radical (unpaired) electrons. The van der Waals surface area contributed by atoms with Crippen LogP contribution in [-0.2, 0) is 27.7 Å². The van der Waals surface area contributed by atoms with E-state index in [1.54, 1.807) is 27.0 Å². The Balaban J connectivity index is 1.97. The Morgan fingerprint density at radius 3 is 2.39 bits per heavy atom. The van der Waals surface area contributed by atoms with Crippen LogP contribution in [0.5, 0.6) is 0 Å². The first kappa shape index (κ1) is 26.8. The predicted molar refractivity (Wildman–Crippen MR) is 129 cm³/mol. The summed E-state index contributed by atoms with van der Waals surface area (Å²) in [7, 11) is 1.60. The minimum absolute atomic E-state index is 0.110. The van der Waals surface area contributed by atoms with Crippen molar-refractivity contribution in [1.29, 1.82) is 0 Å². The van der Waals surface area contributed by atoms with Crippen molar-refractivity contribution in [2.45, 2.75) is 38.9 Å². The molecule has 4 rings (SSSR count). The third kappa shape index (κ3) is 4.29. The second kappa shape index (κ2) is 9.26. The number of hydrogen-bond donors (Lipinski definition) is 0. The molecule has 2 aromatic carbocycles. The molecule has 1 amide bonds. The number of benzene rings is 2. The molecule has 0 spiro atoms. The first-order valence-corrected chi connectivity index (χ1v) is 11.5. The Morgan fingerprint density at radius 1 is 1.08 bits per heavy atom. The molecule has 1 aliphatic heterocycles. The molecule has 3 aromatic rings. The maximum absolute atomic E-state index is 14.2. The molecule has 1 aromatic heterocycles. The fraction of sp³-hybridized carbons (Fsp3) is 0.308. The lowest BCUT2D eigenvalue weighted by Gasteiger charge is -2.18. The summed E-state index contributed by atoms with van der Waals surface area (Å²) >= 11 is 0. The highest BCUT2D eigenvalue weighted by Gasteiger charge is 2.42. The van der Waals surface area contributed by atoms with Crippen LogP contribution in [0.4, 0.5) is 23.2 Å². The number of amides is 1. The van der Waals surface area contributed by atoms with E-state index in [4.69, 9.17) is 4.74 Å². The molecule has 38 heavy (non-hydrogen) atoms. The lowest BCUT2D eigenvalue weighted by molar-refractivity contribution is -0.140. The number of likely N-dealkylation sites (N-methyl/N-ethyl adjacent to an activating group) is 1. The van der Waals surface area contributed by atoms with E-state index in [0.717, 1.165) is 22.9 Å². The topological polar surface area (TPSA) is 90.6 Å². The largest absolute Gasteiger partial charge is 0.462 e. The normalized spacial score (nSPS) is 14.5. The van der Waals surface area contributed by atoms with Crippen LogP contribution < -0.4 is 16.1 Å². The van der Waals surface area contributed by atoms with Crippen LogP contribution in [-0.4, -0.2) is 34.7 Å². The van der Waals surface area contributed by atoms with Gasteiger partial charge in [0.15, 0.2) is 0 Å². The summed E-state index contributed by atoms with van der Waals surface area (Å²) in [5.41, 5.74) is -4.82. The van der Waals surface area contributed by atoms with E-state index in [-0.39, 0.29) is 18.2 Å². The van der Waals surface area contributed by atoms with Gasteiger partial charge in [-0.15, -0.1) is 0 Å². The maximum atomic E-state index is 14.2. The Morgan fingerprint density at radius 2 is 1.76 bits per heavy atom. The molecule has 0 N–H and O–H groups in total. The number of anilines is 1. The minimum atomic E-state index is -5.10. The Labute approximate surface area is 213 Å². The first-order valence-electron chi connectivity index (χ1n) is 11.5. The zero-order valence-corrected chi connectivity index (χ0v) is 20.9. The van der Waals surface area contributed by atoms with Gasteiger partial charge in [-0.1, -0.05) is 12.1 Å². The first-order chi connectivity index (χ1) is 17.7. The van der Waals surface area contributed by atoms with E-state index in [9.17, 15) is 36.7 Å². The Bertz CT molecular complexity index is 1590. The molecular formula is C26H23F4N3O5. The number of alkyl halides is 3. The number of halogens is 4. The Kier molecular flexibility index (Phi) is 6.54. The number of nitrogens with zero attached hydrogens (tertiary/aromatic N) is 3. The average molecular weight is 533 g/mol. The summed E-state index contributed by atoms with van der Waals surface area (Å²) in [6, 6.07) is 7.17. The summed E-state index contributed by atoms with van der Waals surface area (Å²) in [6.07, 6.45) is -4.16. The van der Waals surface area contributed by atoms with Crippen molar-refractivity contribution in [2.24, 2.45) is 0 Å². The molecule has 2 heterocycles. The molecule has 200 valence electrons. The quantitative estimate of drug-likeness (QED) is 0.369. The van der Waals surface area contributed by atoms with Gasteiger partial charge >= 0.3 is 17.8 Å². The monoisotopic (exact) mass is 533 g/mol. The van der Waals surface area contributed by atoms with E-state index in [2.05, 4.69) is 0 Å². The highest BCUT2D eigenvalue weighted by atomic mass is 19.4. The molecule has 0 aliphatic carbocycles. The van der Waals surface area contributed by atoms with Crippen molar-refractivity contribution in [1.82, 2.24) is 9.13 Å². The van der Waals surface area contributed by atoms with Crippen LogP contribution in [0.1, 0.15) is 47.8 Å². The molecule has 0 saturated heterocycles. The van der Waals surface area contributed by atoms with E-state index in [0.29, 0.717) is 21.9 Å². The highest BCUT2D eigenvalue weighted by molar-refractivity contribution is 6.07. The molecular weight excluding hydrogens is 510 g/mol. The van der Waals surface area contributed by atoms with Crippen LogP contribution in [0.15, 0.2) is 52.2 Å². The summed E-state index contributed by atoms with van der Waals surface area (Å²) in [5.74, 6) is -2.86. The van der Waals surface area contributed by atoms with Crippen molar-refractivity contribution < 1.29 is 31.9 Å². The van der Waals surface area contributed by atoms with Gasteiger partial charge < -0.3 is 9.64 Å². The summed E-state index contributed by atoms with van der Waals surface area (Å²) in [5, 5.41) is 0. The van der Waals surface area contributed by atoms with E-state index in [1.807, 2.05) is 0 Å². The Hall–Kier alpha value is -4.22. The van der Waals surface area contributed by atoms with Gasteiger partial charge in [0.2, 0.25) is 5.91 Å². The minimum Gasteiger partial charge on any atom is -0.462 e. The smallest absolute Gasteiger partial charge is 0.419 e. The van der Waals surface area contributed by atoms with Gasteiger partial charge in [-0.3, -0.25) is 18.7 Å². The summed E-state index contributed by atoms with van der Waals surface area (Å²) in [6.45, 7) is 3.80. The summed E-state index contributed by atoms with van der Waals surface area (Å²) < 4.78 is 61.3. The number of carbonyl (C=O) groups excluding carboxylic acids is 2. The lowest BCUT2D eigenvalue weighted by atomic mass is 9.86. The number of rotatable bonds is 5. The second-order valence-electron chi connectivity index (χ2n) is 9.27. The van der Waals surface area contributed by atoms with Crippen LogP contribution in [0.25, 0.3) is 5.69 Å². The average Bonchev–Trinajstić information content (AvgIpc) is 3.00. The third-order valence-corrected chi connectivity index (χ3v) is 6.51. The van der Waals surface area contributed by atoms with Gasteiger partial charge in [0.25, 0.3) is 5.56 Å². The third-order valence-electron chi connectivity index (χ3n) is 6.51. The van der Waals surface area contributed by atoms with Crippen molar-refractivity contribution in [3.8, 4) is 5.69 Å². The standard InChI is InChI=1S/C26H23F4N3O5/c1-5-38-22(35)16-13-32(15-9-10-19-17(11-15)25(2,3)23(36)31(19)4)24(37)33(21(16)34)12-14-7-6-8-18(27)20(14)26(28,29)30/h6-11,13H,5,12H2,1-4H3. The molecule has 0 atom stereocenters. The van der Waals surface area contributed by atoms with Gasteiger partial charge in [-0.2, -0.15) is 13.2 Å². The van der Waals surface area contributed by atoms with Gasteiger partial charge in [0.1, 0.15) is 11.4 Å². The van der Waals surface area contributed by atoms with Crippen molar-refractivity contribution in [3.63, 3.8) is 0 Å². The molecule has 8 nitrogen and oxygen atoms in total. The van der Waals surface area contributed by atoms with Crippen molar-refractivity contribution >= 4 is 17.6 Å². The molecule has 0 bridgehead atoms. The molecule has 0 unspecified atom stereocenters. The fourth-order valence-corrected chi connectivity index (χ4v) is 4.57. The number of aromatic nitrogens is 2. The molecule has 0 saturated carbocycles. The number of esters is 1. The van der Waals surface area contributed by atoms with Gasteiger partial charge in [-0.05, 0) is 56.2 Å². The van der Waals surface area contributed by atoms with Gasteiger partial charge in [-0.25, -0.2) is 14.0 Å². The highest BCUT2D eigenvalue weighted by Crippen LogP contribution is 2.41. The SMILES string of the molecule is CCOC(=O)c1cn(-c2ccc3c(c2)C(C)(C)C(=O)N3C)c(=O)n(Cc2cccc(F)c2C(F)(F)F)c1=O. The lowest BCUT2D eigenvalue weighted by Crippen LogP contribution is -2.42. The second-order valence-corrected chi connectivity index (χ2v) is 9.27. The van der Waals surface area contributed by atoms with Gasteiger partial charge in [0.05, 0.1) is 29.8 Å². The number of hydrogen-bond acceptors (Lipinski definition) is 5. The number of ether oxygens (including phenoxy) is 1.